The molecule has 1 aliphatic heterocycles. The summed E-state index contributed by atoms with van der Waals surface area (Å²) in [5.74, 6) is 0. The second kappa shape index (κ2) is 21.7. The summed E-state index contributed by atoms with van der Waals surface area (Å²) in [6.07, 6.45) is 38.1. The van der Waals surface area contributed by atoms with Gasteiger partial charge >= 0.3 is 0 Å². The van der Waals surface area contributed by atoms with E-state index < -0.39 is 0 Å². The molecule has 0 unspecified atom stereocenters. The number of aryl methyl sites for hydroxylation is 1. The summed E-state index contributed by atoms with van der Waals surface area (Å²) >= 11 is 0. The van der Waals surface area contributed by atoms with Gasteiger partial charge in [-0.1, -0.05) is 137 Å². The van der Waals surface area contributed by atoms with Gasteiger partial charge < -0.3 is 21.4 Å². The molecule has 5 aromatic rings. The maximum absolute atomic E-state index is 8.51. The molecule has 5 N–H and O–H groups in total. The normalized spacial score (nSPS) is 16.0. The van der Waals surface area contributed by atoms with E-state index in [1.54, 1.807) is 12.3 Å². The van der Waals surface area contributed by atoms with E-state index >= 15 is 0 Å². The molecule has 65 heavy (non-hydrogen) atoms. The van der Waals surface area contributed by atoms with Crippen LogP contribution < -0.4 is 11.1 Å². The largest absolute Gasteiger partial charge is 0.405 e. The van der Waals surface area contributed by atoms with E-state index in [-0.39, 0.29) is 0 Å². The number of aromatic amines is 1. The SMILES string of the molecule is C#C.C=C/C=C(\C=N)c1ccc(C2=CC=CNC2)c2c1-c1cc3c(c(C)cccc-2c1C)/C=C1\C/C(=C\C=C/C3)c2c1c(/C(C)=C/C=C\N)c1ccccc1c2-c1ccc[nH]1.CC.CC. The number of rotatable bonds is 7. The number of hydrogen-bond donors (Lipinski definition) is 4. The van der Waals surface area contributed by atoms with E-state index in [2.05, 4.69) is 166 Å². The summed E-state index contributed by atoms with van der Waals surface area (Å²) < 4.78 is 0. The van der Waals surface area contributed by atoms with Gasteiger partial charge in [0, 0.05) is 30.2 Å². The summed E-state index contributed by atoms with van der Waals surface area (Å²) in [6.45, 7) is 19.5. The fraction of sp³-hybridized carbons (Fsp3) is 0.164. The number of fused-ring (bicyclic) bond motifs is 12. The number of aromatic nitrogens is 1. The van der Waals surface area contributed by atoms with Gasteiger partial charge in [-0.2, -0.15) is 0 Å². The zero-order valence-electron chi connectivity index (χ0n) is 39.1. The lowest BCUT2D eigenvalue weighted by atomic mass is 9.84. The second-order valence-electron chi connectivity index (χ2n) is 15.6. The van der Waals surface area contributed by atoms with Crippen LogP contribution >= 0.6 is 0 Å². The lowest BCUT2D eigenvalue weighted by molar-refractivity contribution is 0.986. The Morgan fingerprint density at radius 1 is 0.769 bits per heavy atom. The molecule has 326 valence electrons. The third kappa shape index (κ3) is 8.84. The summed E-state index contributed by atoms with van der Waals surface area (Å²) in [6, 6.07) is 26.8. The molecule has 1 aromatic heterocycles. The third-order valence-electron chi connectivity index (χ3n) is 12.2. The van der Waals surface area contributed by atoms with Gasteiger partial charge in [-0.05, 0) is 187 Å². The first-order valence-electron chi connectivity index (χ1n) is 22.7. The first-order valence-corrected chi connectivity index (χ1v) is 22.7. The standard InChI is InChI=1S/C55H48N4.2C2H6.C2H2/c1-5-14-39(32-57)43-24-25-44(40-19-12-27-58-33-40)53-42-22-10-15-34(2)47-31-41-29-38(18-7-6-17-37(47)30-48(36(42)4)54(43)53)51-52(41)50(35(3)16-11-26-56)45-20-8-9-21-46(45)55(51)49-23-13-28-59-49;3*1-2/h5-16,18-28,30-32,57-59H,1,17,29,33,56H2,2-4H3;2*1-2H3;1-2H/b7-6-,15-10?,22-10?,26-11-,34-15?,35-16+,37-30?,38-18+,39-14+,41-31+,42-22?,47-34?,47-37?,48-30?,57-32?;;;. The van der Waals surface area contributed by atoms with Crippen molar-refractivity contribution in [3.63, 3.8) is 0 Å². The lowest BCUT2D eigenvalue weighted by Gasteiger charge is -2.20. The highest BCUT2D eigenvalue weighted by molar-refractivity contribution is 6.17. The van der Waals surface area contributed by atoms with E-state index in [4.69, 9.17) is 11.1 Å². The average Bonchev–Trinajstić information content (AvgIpc) is 4.08. The predicted molar refractivity (Wildman–Crippen MR) is 287 cm³/mol. The first-order chi connectivity index (χ1) is 31.9. The molecule has 4 heteroatoms. The van der Waals surface area contributed by atoms with Crippen LogP contribution in [-0.4, -0.2) is 17.7 Å². The highest BCUT2D eigenvalue weighted by atomic mass is 14.8. The number of nitrogens with one attached hydrogen (secondary N) is 3. The molecule has 3 aliphatic carbocycles. The van der Waals surface area contributed by atoms with Gasteiger partial charge in [0.2, 0.25) is 0 Å². The minimum Gasteiger partial charge on any atom is -0.405 e. The fourth-order valence-corrected chi connectivity index (χ4v) is 9.57. The Morgan fingerprint density at radius 2 is 1.54 bits per heavy atom. The lowest BCUT2D eigenvalue weighted by Crippen LogP contribution is -2.12. The fourth-order valence-electron chi connectivity index (χ4n) is 9.57. The van der Waals surface area contributed by atoms with Crippen LogP contribution in [0.25, 0.3) is 78.2 Å². The van der Waals surface area contributed by atoms with Crippen molar-refractivity contribution in [3.05, 3.63) is 203 Å². The maximum Gasteiger partial charge on any atom is 0.0466 e. The number of allylic oxidation sites excluding steroid dienone is 13. The van der Waals surface area contributed by atoms with E-state index in [1.165, 1.54) is 112 Å². The van der Waals surface area contributed by atoms with Crippen LogP contribution in [0, 0.1) is 32.1 Å². The van der Waals surface area contributed by atoms with Crippen molar-refractivity contribution in [3.8, 4) is 46.4 Å². The smallest absolute Gasteiger partial charge is 0.0466 e. The van der Waals surface area contributed by atoms with Gasteiger partial charge in [0.15, 0.2) is 0 Å². The predicted octanol–water partition coefficient (Wildman–Crippen LogP) is 15.6. The van der Waals surface area contributed by atoms with Crippen molar-refractivity contribution in [2.24, 2.45) is 5.73 Å². The molecule has 4 nitrogen and oxygen atoms in total. The number of nitrogens with two attached hydrogens (primary N) is 1. The van der Waals surface area contributed by atoms with E-state index in [0.717, 1.165) is 36.2 Å². The molecule has 4 aromatic carbocycles. The van der Waals surface area contributed by atoms with Crippen molar-refractivity contribution in [1.29, 1.82) is 5.41 Å². The highest BCUT2D eigenvalue weighted by Gasteiger charge is 2.32. The number of H-pyrrole nitrogens is 1. The molecule has 0 fully saturated rings. The van der Waals surface area contributed by atoms with Crippen LogP contribution in [-0.2, 0) is 6.42 Å². The Hall–Kier alpha value is -7.61. The number of hydrogen-bond acceptors (Lipinski definition) is 3. The zero-order valence-corrected chi connectivity index (χ0v) is 39.1. The van der Waals surface area contributed by atoms with Crippen LogP contribution in [0.5, 0.6) is 0 Å². The molecule has 0 amide bonds. The molecule has 0 spiro atoms. The molecular weight excluding hydrogens is 789 g/mol. The van der Waals surface area contributed by atoms with Crippen LogP contribution in [0.2, 0.25) is 0 Å². The number of dihydropyridines is 1. The third-order valence-corrected chi connectivity index (χ3v) is 12.2. The van der Waals surface area contributed by atoms with Crippen molar-refractivity contribution in [1.82, 2.24) is 10.3 Å². The Labute approximate surface area is 387 Å². The number of terminal acetylenes is 1. The molecule has 4 bridgehead atoms. The van der Waals surface area contributed by atoms with Crippen molar-refractivity contribution >= 4 is 50.9 Å². The Kier molecular flexibility index (Phi) is 15.6. The summed E-state index contributed by atoms with van der Waals surface area (Å²) in [5.41, 5.74) is 29.8. The Morgan fingerprint density at radius 3 is 2.23 bits per heavy atom. The molecule has 4 aliphatic rings. The zero-order chi connectivity index (χ0) is 46.6. The van der Waals surface area contributed by atoms with Crippen molar-refractivity contribution in [2.75, 3.05) is 6.54 Å². The van der Waals surface area contributed by atoms with Crippen LogP contribution in [0.3, 0.4) is 0 Å². The van der Waals surface area contributed by atoms with Gasteiger partial charge in [0.1, 0.15) is 0 Å². The quantitative estimate of drug-likeness (QED) is 0.0733. The van der Waals surface area contributed by atoms with E-state index in [1.807, 2.05) is 52.2 Å². The molecule has 0 saturated carbocycles. The molecule has 0 radical (unpaired) electrons. The highest BCUT2D eigenvalue weighted by Crippen LogP contribution is 2.54. The van der Waals surface area contributed by atoms with Gasteiger partial charge in [-0.3, -0.25) is 0 Å². The average molecular weight is 851 g/mol. The summed E-state index contributed by atoms with van der Waals surface area (Å²) in [4.78, 5) is 3.57. The van der Waals surface area contributed by atoms with Gasteiger partial charge in [-0.15, -0.1) is 12.8 Å². The summed E-state index contributed by atoms with van der Waals surface area (Å²) in [5, 5.41) is 14.4. The second-order valence-corrected chi connectivity index (χ2v) is 15.6. The minimum absolute atomic E-state index is 0.751. The topological polar surface area (TPSA) is 77.7 Å². The van der Waals surface area contributed by atoms with E-state index in [0.29, 0.717) is 0 Å². The van der Waals surface area contributed by atoms with Gasteiger partial charge in [-0.25, -0.2) is 0 Å². The van der Waals surface area contributed by atoms with Crippen molar-refractivity contribution < 1.29 is 0 Å². The molecule has 9 rings (SSSR count). The van der Waals surface area contributed by atoms with Crippen molar-refractivity contribution in [2.45, 2.75) is 61.3 Å². The monoisotopic (exact) mass is 850 g/mol. The molecular formula is C61H62N4. The van der Waals surface area contributed by atoms with Crippen LogP contribution in [0.4, 0.5) is 0 Å². The first kappa shape index (κ1) is 46.9. The van der Waals surface area contributed by atoms with E-state index in [9.17, 15) is 0 Å². The van der Waals surface area contributed by atoms with Crippen LogP contribution in [0.15, 0.2) is 153 Å². The minimum atomic E-state index is 0.751. The number of benzene rings is 3. The molecule has 0 saturated heterocycles. The van der Waals surface area contributed by atoms with Gasteiger partial charge in [0.25, 0.3) is 0 Å². The Bertz CT molecular complexity index is 2980. The molecule has 0 atom stereocenters. The molecule has 2 heterocycles. The van der Waals surface area contributed by atoms with Crippen LogP contribution in [0.1, 0.15) is 91.1 Å². The summed E-state index contributed by atoms with van der Waals surface area (Å²) in [7, 11) is 0. The maximum atomic E-state index is 8.51. The Balaban J connectivity index is 0.00000112. The van der Waals surface area contributed by atoms with Gasteiger partial charge in [0.05, 0.1) is 0 Å².